The number of aryl methyl sites for hydroxylation is 1. The summed E-state index contributed by atoms with van der Waals surface area (Å²) in [5, 5.41) is 3.49. The highest BCUT2D eigenvalue weighted by Crippen LogP contribution is 2.39. The molecule has 2 aromatic carbocycles. The van der Waals surface area contributed by atoms with Crippen LogP contribution in [0.5, 0.6) is 0 Å². The Morgan fingerprint density at radius 3 is 2.15 bits per heavy atom. The Morgan fingerprint density at radius 1 is 0.900 bits per heavy atom. The number of hydrogen-bond acceptors (Lipinski definition) is 1. The molecule has 0 heterocycles. The number of benzene rings is 2. The molecule has 1 nitrogen and oxygen atoms in total. The molecule has 104 valence electrons. The summed E-state index contributed by atoms with van der Waals surface area (Å²) in [6.07, 6.45) is 5.13. The van der Waals surface area contributed by atoms with Crippen molar-refractivity contribution >= 4 is 5.69 Å². The molecular weight excluding hydrogens is 242 g/mol. The molecule has 0 radical (unpaired) electrons. The molecule has 0 atom stereocenters. The maximum absolute atomic E-state index is 3.49. The third kappa shape index (κ3) is 3.41. The highest BCUT2D eigenvalue weighted by Gasteiger charge is 2.22. The van der Waals surface area contributed by atoms with Gasteiger partial charge in [-0.25, -0.2) is 0 Å². The summed E-state index contributed by atoms with van der Waals surface area (Å²) in [6.45, 7) is 3.12. The van der Waals surface area contributed by atoms with Gasteiger partial charge >= 0.3 is 0 Å². The lowest BCUT2D eigenvalue weighted by molar-refractivity contribution is 0.922. The van der Waals surface area contributed by atoms with E-state index in [9.17, 15) is 0 Å². The first-order chi connectivity index (χ1) is 9.85. The monoisotopic (exact) mass is 265 g/mol. The highest BCUT2D eigenvalue weighted by atomic mass is 14.9. The summed E-state index contributed by atoms with van der Waals surface area (Å²) in [5.41, 5.74) is 5.49. The molecule has 1 fully saturated rings. The molecule has 1 N–H and O–H groups in total. The Morgan fingerprint density at radius 2 is 1.55 bits per heavy atom. The lowest BCUT2D eigenvalue weighted by atomic mass is 10.1. The SMILES string of the molecule is CCCc1ccc(NCc2ccc(C3CC3)cc2)cc1. The first-order valence-corrected chi connectivity index (χ1v) is 7.77. The molecule has 0 bridgehead atoms. The Kier molecular flexibility index (Phi) is 4.05. The summed E-state index contributed by atoms with van der Waals surface area (Å²) in [7, 11) is 0. The molecule has 0 saturated heterocycles. The van der Waals surface area contributed by atoms with Crippen molar-refractivity contribution in [2.24, 2.45) is 0 Å². The van der Waals surface area contributed by atoms with Crippen molar-refractivity contribution < 1.29 is 0 Å². The Bertz CT molecular complexity index is 535. The van der Waals surface area contributed by atoms with E-state index in [0.717, 1.165) is 12.5 Å². The zero-order chi connectivity index (χ0) is 13.8. The fourth-order valence-electron chi connectivity index (χ4n) is 2.61. The standard InChI is InChI=1S/C19H23N/c1-2-3-15-6-12-19(13-7-15)20-14-16-4-8-17(9-5-16)18-10-11-18/h4-9,12-13,18,20H,2-3,10-11,14H2,1H3. The van der Waals surface area contributed by atoms with Crippen LogP contribution in [0.25, 0.3) is 0 Å². The average molecular weight is 265 g/mol. The van der Waals surface area contributed by atoms with E-state index in [1.54, 1.807) is 0 Å². The van der Waals surface area contributed by atoms with Crippen LogP contribution < -0.4 is 5.32 Å². The van der Waals surface area contributed by atoms with Gasteiger partial charge in [0.15, 0.2) is 0 Å². The molecule has 3 rings (SSSR count). The summed E-state index contributed by atoms with van der Waals surface area (Å²) < 4.78 is 0. The van der Waals surface area contributed by atoms with Crippen LogP contribution in [0.2, 0.25) is 0 Å². The van der Waals surface area contributed by atoms with Gasteiger partial charge in [0, 0.05) is 12.2 Å². The lowest BCUT2D eigenvalue weighted by Crippen LogP contribution is -1.99. The van der Waals surface area contributed by atoms with Crippen LogP contribution in [0.1, 0.15) is 48.8 Å². The number of nitrogens with one attached hydrogen (secondary N) is 1. The van der Waals surface area contributed by atoms with Crippen molar-refractivity contribution in [1.29, 1.82) is 0 Å². The molecular formula is C19H23N. The molecule has 0 amide bonds. The van der Waals surface area contributed by atoms with E-state index < -0.39 is 0 Å². The predicted molar refractivity (Wildman–Crippen MR) is 86.2 cm³/mol. The van der Waals surface area contributed by atoms with Gasteiger partial charge in [-0.3, -0.25) is 0 Å². The molecule has 1 heteroatoms. The minimum absolute atomic E-state index is 0.850. The summed E-state index contributed by atoms with van der Waals surface area (Å²) in [6, 6.07) is 17.9. The zero-order valence-electron chi connectivity index (χ0n) is 12.2. The van der Waals surface area contributed by atoms with E-state index >= 15 is 0 Å². The molecule has 1 saturated carbocycles. The van der Waals surface area contributed by atoms with Crippen LogP contribution in [-0.4, -0.2) is 0 Å². The fraction of sp³-hybridized carbons (Fsp3) is 0.368. The van der Waals surface area contributed by atoms with Gasteiger partial charge in [-0.1, -0.05) is 49.7 Å². The smallest absolute Gasteiger partial charge is 0.0400 e. The van der Waals surface area contributed by atoms with Gasteiger partial charge in [0.1, 0.15) is 0 Å². The average Bonchev–Trinajstić information content (AvgIpc) is 3.32. The van der Waals surface area contributed by atoms with Gasteiger partial charge in [0.2, 0.25) is 0 Å². The zero-order valence-corrected chi connectivity index (χ0v) is 12.2. The first-order valence-electron chi connectivity index (χ1n) is 7.77. The number of hydrogen-bond donors (Lipinski definition) is 1. The van der Waals surface area contributed by atoms with E-state index in [-0.39, 0.29) is 0 Å². The van der Waals surface area contributed by atoms with Crippen LogP contribution in [0, 0.1) is 0 Å². The van der Waals surface area contributed by atoms with Crippen LogP contribution in [0.15, 0.2) is 48.5 Å². The lowest BCUT2D eigenvalue weighted by Gasteiger charge is -2.08. The van der Waals surface area contributed by atoms with Crippen molar-refractivity contribution in [1.82, 2.24) is 0 Å². The van der Waals surface area contributed by atoms with Crippen LogP contribution in [0.3, 0.4) is 0 Å². The largest absolute Gasteiger partial charge is 0.381 e. The van der Waals surface area contributed by atoms with Crippen LogP contribution >= 0.6 is 0 Å². The molecule has 20 heavy (non-hydrogen) atoms. The maximum Gasteiger partial charge on any atom is 0.0400 e. The second-order valence-electron chi connectivity index (χ2n) is 5.82. The van der Waals surface area contributed by atoms with Gasteiger partial charge in [0.05, 0.1) is 0 Å². The second-order valence-corrected chi connectivity index (χ2v) is 5.82. The van der Waals surface area contributed by atoms with E-state index in [1.165, 1.54) is 48.1 Å². The molecule has 0 aromatic heterocycles. The number of anilines is 1. The van der Waals surface area contributed by atoms with Crippen LogP contribution in [-0.2, 0) is 13.0 Å². The third-order valence-electron chi connectivity index (χ3n) is 4.02. The molecule has 0 spiro atoms. The van der Waals surface area contributed by atoms with Crippen LogP contribution in [0.4, 0.5) is 5.69 Å². The summed E-state index contributed by atoms with van der Waals surface area (Å²) in [4.78, 5) is 0. The normalized spacial score (nSPS) is 14.2. The van der Waals surface area contributed by atoms with E-state index in [1.807, 2.05) is 0 Å². The second kappa shape index (κ2) is 6.13. The van der Waals surface area contributed by atoms with Crippen molar-refractivity contribution in [2.45, 2.75) is 45.1 Å². The minimum atomic E-state index is 0.850. The third-order valence-corrected chi connectivity index (χ3v) is 4.02. The van der Waals surface area contributed by atoms with Crippen molar-refractivity contribution in [3.63, 3.8) is 0 Å². The first kappa shape index (κ1) is 13.2. The fourth-order valence-corrected chi connectivity index (χ4v) is 2.61. The number of rotatable bonds is 6. The van der Waals surface area contributed by atoms with Crippen molar-refractivity contribution in [2.75, 3.05) is 5.32 Å². The molecule has 0 unspecified atom stereocenters. The van der Waals surface area contributed by atoms with Crippen molar-refractivity contribution in [3.8, 4) is 0 Å². The van der Waals surface area contributed by atoms with Gasteiger partial charge in [-0.15, -0.1) is 0 Å². The van der Waals surface area contributed by atoms with E-state index in [2.05, 4.69) is 60.8 Å². The quantitative estimate of drug-likeness (QED) is 0.763. The Labute approximate surface area is 122 Å². The molecule has 1 aliphatic carbocycles. The summed E-state index contributed by atoms with van der Waals surface area (Å²) >= 11 is 0. The van der Waals surface area contributed by atoms with Gasteiger partial charge < -0.3 is 5.32 Å². The van der Waals surface area contributed by atoms with E-state index in [4.69, 9.17) is 0 Å². The van der Waals surface area contributed by atoms with Gasteiger partial charge in [0.25, 0.3) is 0 Å². The Hall–Kier alpha value is -1.76. The van der Waals surface area contributed by atoms with Gasteiger partial charge in [-0.05, 0) is 54.0 Å². The Balaban J connectivity index is 1.55. The topological polar surface area (TPSA) is 12.0 Å². The summed E-state index contributed by atoms with van der Waals surface area (Å²) in [5.74, 6) is 0.850. The maximum atomic E-state index is 3.49. The van der Waals surface area contributed by atoms with E-state index in [0.29, 0.717) is 0 Å². The predicted octanol–water partition coefficient (Wildman–Crippen LogP) is 5.13. The molecule has 1 aliphatic rings. The minimum Gasteiger partial charge on any atom is -0.381 e. The molecule has 0 aliphatic heterocycles. The highest BCUT2D eigenvalue weighted by molar-refractivity contribution is 5.45. The van der Waals surface area contributed by atoms with Crippen molar-refractivity contribution in [3.05, 3.63) is 65.2 Å². The molecule has 2 aromatic rings. The van der Waals surface area contributed by atoms with Gasteiger partial charge in [-0.2, -0.15) is 0 Å².